The standard InChI is InChI=1S/C21H16FN7O/c1-13(21-23-11-24-28-21)30-19-7-6-14(16-4-2-3-5-18(16)22)8-17(19)15-9-20-27-25-12-29(20)26-10-15/h2-13H,1H3,(H,23,24,28). The molecule has 0 aliphatic carbocycles. The van der Waals surface area contributed by atoms with Gasteiger partial charge in [0, 0.05) is 16.7 Å². The average molecular weight is 401 g/mol. The summed E-state index contributed by atoms with van der Waals surface area (Å²) in [5.74, 6) is 0.910. The highest BCUT2D eigenvalue weighted by Crippen LogP contribution is 2.37. The topological polar surface area (TPSA) is 93.9 Å². The number of hydrogen-bond donors (Lipinski definition) is 1. The zero-order valence-electron chi connectivity index (χ0n) is 15.9. The van der Waals surface area contributed by atoms with Crippen LogP contribution in [-0.2, 0) is 0 Å². The molecule has 0 radical (unpaired) electrons. The van der Waals surface area contributed by atoms with Gasteiger partial charge >= 0.3 is 0 Å². The molecule has 5 rings (SSSR count). The molecule has 0 aliphatic rings. The summed E-state index contributed by atoms with van der Waals surface area (Å²) in [7, 11) is 0. The molecule has 1 N–H and O–H groups in total. The van der Waals surface area contributed by atoms with E-state index in [1.54, 1.807) is 28.9 Å². The second-order valence-corrected chi connectivity index (χ2v) is 6.70. The Balaban J connectivity index is 1.63. The lowest BCUT2D eigenvalue weighted by atomic mass is 9.98. The first-order valence-electron chi connectivity index (χ1n) is 9.26. The Bertz CT molecular complexity index is 1320. The van der Waals surface area contributed by atoms with Gasteiger partial charge in [-0.1, -0.05) is 24.3 Å². The predicted molar refractivity (Wildman–Crippen MR) is 107 cm³/mol. The number of aromatic nitrogens is 7. The van der Waals surface area contributed by atoms with Gasteiger partial charge in [-0.15, -0.1) is 10.2 Å². The van der Waals surface area contributed by atoms with E-state index in [4.69, 9.17) is 4.74 Å². The van der Waals surface area contributed by atoms with Crippen LogP contribution >= 0.6 is 0 Å². The van der Waals surface area contributed by atoms with Crippen molar-refractivity contribution >= 4 is 5.65 Å². The number of aromatic amines is 1. The number of H-pyrrole nitrogens is 1. The Morgan fingerprint density at radius 1 is 1.07 bits per heavy atom. The number of halogens is 1. The monoisotopic (exact) mass is 401 g/mol. The van der Waals surface area contributed by atoms with Crippen molar-refractivity contribution in [2.24, 2.45) is 0 Å². The minimum Gasteiger partial charge on any atom is -0.482 e. The van der Waals surface area contributed by atoms with Crippen molar-refractivity contribution in [1.29, 1.82) is 0 Å². The molecule has 3 heterocycles. The SMILES string of the molecule is CC(Oc1ccc(-c2ccccc2F)cc1-c1cnn2cnnc2c1)c1ncn[nH]1. The second-order valence-electron chi connectivity index (χ2n) is 6.70. The Morgan fingerprint density at radius 3 is 2.80 bits per heavy atom. The van der Waals surface area contributed by atoms with E-state index in [0.717, 1.165) is 16.7 Å². The Morgan fingerprint density at radius 2 is 1.97 bits per heavy atom. The summed E-state index contributed by atoms with van der Waals surface area (Å²) in [4.78, 5) is 4.15. The first-order chi connectivity index (χ1) is 14.7. The number of nitrogens with zero attached hydrogens (tertiary/aromatic N) is 6. The first kappa shape index (κ1) is 17.9. The van der Waals surface area contributed by atoms with E-state index in [9.17, 15) is 4.39 Å². The van der Waals surface area contributed by atoms with Gasteiger partial charge in [0.05, 0.1) is 6.20 Å². The fourth-order valence-electron chi connectivity index (χ4n) is 3.25. The molecule has 0 amide bonds. The molecule has 1 atom stereocenters. The summed E-state index contributed by atoms with van der Waals surface area (Å²) < 4.78 is 22.1. The van der Waals surface area contributed by atoms with Crippen molar-refractivity contribution in [3.05, 3.63) is 79.0 Å². The maximum atomic E-state index is 14.4. The van der Waals surface area contributed by atoms with Gasteiger partial charge in [0.2, 0.25) is 0 Å². The van der Waals surface area contributed by atoms with Gasteiger partial charge in [-0.25, -0.2) is 13.9 Å². The minimum absolute atomic E-state index is 0.293. The van der Waals surface area contributed by atoms with Crippen molar-refractivity contribution < 1.29 is 9.13 Å². The van der Waals surface area contributed by atoms with E-state index >= 15 is 0 Å². The van der Waals surface area contributed by atoms with Crippen LogP contribution in [0.1, 0.15) is 18.9 Å². The number of nitrogens with one attached hydrogen (secondary N) is 1. The van der Waals surface area contributed by atoms with Gasteiger partial charge in [-0.05, 0) is 36.8 Å². The number of benzene rings is 2. The molecular formula is C21H16FN7O. The molecule has 0 saturated heterocycles. The predicted octanol–water partition coefficient (Wildman–Crippen LogP) is 3.86. The van der Waals surface area contributed by atoms with E-state index in [0.29, 0.717) is 22.8 Å². The second kappa shape index (κ2) is 7.36. The highest BCUT2D eigenvalue weighted by molar-refractivity contribution is 5.78. The largest absolute Gasteiger partial charge is 0.482 e. The fourth-order valence-corrected chi connectivity index (χ4v) is 3.25. The molecule has 0 spiro atoms. The lowest BCUT2D eigenvalue weighted by molar-refractivity contribution is 0.218. The molecule has 0 aliphatic heterocycles. The molecule has 0 saturated carbocycles. The normalized spacial score (nSPS) is 12.2. The van der Waals surface area contributed by atoms with Crippen molar-refractivity contribution in [3.8, 4) is 28.0 Å². The van der Waals surface area contributed by atoms with Crippen molar-refractivity contribution in [2.75, 3.05) is 0 Å². The smallest absolute Gasteiger partial charge is 0.178 e. The summed E-state index contributed by atoms with van der Waals surface area (Å²) in [6.07, 6.45) is 4.29. The summed E-state index contributed by atoms with van der Waals surface area (Å²) in [5, 5.41) is 18.9. The first-order valence-corrected chi connectivity index (χ1v) is 9.26. The van der Waals surface area contributed by atoms with Crippen molar-refractivity contribution in [2.45, 2.75) is 13.0 Å². The molecular weight excluding hydrogens is 385 g/mol. The zero-order valence-corrected chi connectivity index (χ0v) is 15.9. The number of ether oxygens (including phenoxy) is 1. The van der Waals surface area contributed by atoms with E-state index < -0.39 is 0 Å². The van der Waals surface area contributed by atoms with Crippen LogP contribution in [0.4, 0.5) is 4.39 Å². The number of rotatable bonds is 5. The summed E-state index contributed by atoms with van der Waals surface area (Å²) in [5.41, 5.74) is 3.35. The van der Waals surface area contributed by atoms with Crippen LogP contribution in [0.2, 0.25) is 0 Å². The van der Waals surface area contributed by atoms with Crippen LogP contribution < -0.4 is 4.74 Å². The molecule has 1 unspecified atom stereocenters. The average Bonchev–Trinajstić information content (AvgIpc) is 3.46. The van der Waals surface area contributed by atoms with Gasteiger partial charge in [-0.3, -0.25) is 5.10 Å². The third-order valence-corrected chi connectivity index (χ3v) is 4.76. The molecule has 30 heavy (non-hydrogen) atoms. The molecule has 5 aromatic rings. The van der Waals surface area contributed by atoms with E-state index in [1.807, 2.05) is 31.2 Å². The summed E-state index contributed by atoms with van der Waals surface area (Å²) in [6, 6.07) is 14.0. The van der Waals surface area contributed by atoms with Gasteiger partial charge in [-0.2, -0.15) is 10.2 Å². The van der Waals surface area contributed by atoms with Crippen LogP contribution in [0, 0.1) is 5.82 Å². The van der Waals surface area contributed by atoms with Crippen LogP contribution in [0.15, 0.2) is 67.4 Å². The fraction of sp³-hybridized carbons (Fsp3) is 0.0952. The van der Waals surface area contributed by atoms with E-state index in [1.165, 1.54) is 18.7 Å². The van der Waals surface area contributed by atoms with E-state index in [-0.39, 0.29) is 11.9 Å². The third kappa shape index (κ3) is 3.26. The van der Waals surface area contributed by atoms with Gasteiger partial charge in [0.25, 0.3) is 0 Å². The molecule has 0 fully saturated rings. The lowest BCUT2D eigenvalue weighted by Gasteiger charge is -2.17. The highest BCUT2D eigenvalue weighted by Gasteiger charge is 2.17. The van der Waals surface area contributed by atoms with Crippen LogP contribution in [0.3, 0.4) is 0 Å². The quantitative estimate of drug-likeness (QED) is 0.481. The van der Waals surface area contributed by atoms with Crippen LogP contribution in [0.25, 0.3) is 27.9 Å². The highest BCUT2D eigenvalue weighted by atomic mass is 19.1. The van der Waals surface area contributed by atoms with Gasteiger partial charge in [0.15, 0.2) is 17.6 Å². The lowest BCUT2D eigenvalue weighted by Crippen LogP contribution is -2.06. The molecule has 0 bridgehead atoms. The molecule has 8 nitrogen and oxygen atoms in total. The van der Waals surface area contributed by atoms with Crippen molar-refractivity contribution in [3.63, 3.8) is 0 Å². The van der Waals surface area contributed by atoms with Gasteiger partial charge in [0.1, 0.15) is 24.2 Å². The zero-order chi connectivity index (χ0) is 20.5. The number of fused-ring (bicyclic) bond motifs is 1. The molecule has 9 heteroatoms. The van der Waals surface area contributed by atoms with E-state index in [2.05, 4.69) is 30.5 Å². The Hall–Kier alpha value is -4.14. The summed E-state index contributed by atoms with van der Waals surface area (Å²) >= 11 is 0. The van der Waals surface area contributed by atoms with Crippen LogP contribution in [0.5, 0.6) is 5.75 Å². The minimum atomic E-state index is -0.365. The maximum absolute atomic E-state index is 14.4. The Labute approximate surface area is 170 Å². The van der Waals surface area contributed by atoms with Gasteiger partial charge < -0.3 is 4.74 Å². The Kier molecular flexibility index (Phi) is 4.40. The third-order valence-electron chi connectivity index (χ3n) is 4.76. The molecule has 148 valence electrons. The maximum Gasteiger partial charge on any atom is 0.178 e. The molecule has 3 aromatic heterocycles. The van der Waals surface area contributed by atoms with Crippen molar-refractivity contribution in [1.82, 2.24) is 35.0 Å². The van der Waals surface area contributed by atoms with Crippen LogP contribution in [-0.4, -0.2) is 35.0 Å². The summed E-state index contributed by atoms with van der Waals surface area (Å²) in [6.45, 7) is 1.87. The molecule has 2 aromatic carbocycles. The number of hydrogen-bond acceptors (Lipinski definition) is 6.